The van der Waals surface area contributed by atoms with Crippen LogP contribution in [0, 0.1) is 0 Å². The highest BCUT2D eigenvalue weighted by Crippen LogP contribution is 2.40. The zero-order chi connectivity index (χ0) is 20.3. The number of hydrogen-bond acceptors (Lipinski definition) is 8. The summed E-state index contributed by atoms with van der Waals surface area (Å²) < 4.78 is 21.4. The van der Waals surface area contributed by atoms with Gasteiger partial charge in [-0.25, -0.2) is 4.79 Å². The summed E-state index contributed by atoms with van der Waals surface area (Å²) in [6.45, 7) is 2.14. The lowest BCUT2D eigenvalue weighted by molar-refractivity contribution is -0.123. The number of esters is 1. The van der Waals surface area contributed by atoms with E-state index in [-0.39, 0.29) is 11.1 Å². The van der Waals surface area contributed by atoms with Gasteiger partial charge in [-0.2, -0.15) is 0 Å². The maximum absolute atomic E-state index is 12.5. The van der Waals surface area contributed by atoms with Crippen molar-refractivity contribution in [3.8, 4) is 17.2 Å². The van der Waals surface area contributed by atoms with Gasteiger partial charge in [0, 0.05) is 0 Å². The van der Waals surface area contributed by atoms with Crippen molar-refractivity contribution in [2.24, 2.45) is 5.73 Å². The van der Waals surface area contributed by atoms with Crippen LogP contribution in [0.25, 0.3) is 0 Å². The summed E-state index contributed by atoms with van der Waals surface area (Å²) in [6.07, 6.45) is -1.12. The smallest absolute Gasteiger partial charge is 0.339 e. The summed E-state index contributed by atoms with van der Waals surface area (Å²) >= 11 is 1.14. The summed E-state index contributed by atoms with van der Waals surface area (Å²) in [4.78, 5) is 36.1. The highest BCUT2D eigenvalue weighted by molar-refractivity contribution is 7.14. The Morgan fingerprint density at radius 2 is 2.00 bits per heavy atom. The third-order valence-electron chi connectivity index (χ3n) is 3.88. The molecule has 3 N–H and O–H groups in total. The van der Waals surface area contributed by atoms with Gasteiger partial charge in [0.15, 0.2) is 17.6 Å². The van der Waals surface area contributed by atoms with Crippen molar-refractivity contribution in [1.29, 1.82) is 0 Å². The molecule has 0 aliphatic carbocycles. The Bertz CT molecular complexity index is 907. The van der Waals surface area contributed by atoms with Crippen molar-refractivity contribution in [3.05, 3.63) is 34.7 Å². The number of nitrogens with two attached hydrogens (primary N) is 1. The number of amides is 2. The standard InChI is InChI=1S/C18H18N2O7S/c1-9(16(22)20-17-11(15(19)21)3-6-28-17)27-18(23)10-7-12(24-2)14-13(8-10)25-4-5-26-14/h3,6-9H,4-5H2,1-2H3,(H2,19,21)(H,20,22)/t9-/m0/s1. The summed E-state index contributed by atoms with van der Waals surface area (Å²) in [5.74, 6) is -0.898. The van der Waals surface area contributed by atoms with E-state index in [1.807, 2.05) is 0 Å². The number of anilines is 1. The number of fused-ring (bicyclic) bond motifs is 1. The molecule has 3 rings (SSSR count). The first-order valence-electron chi connectivity index (χ1n) is 8.27. The molecule has 0 radical (unpaired) electrons. The molecule has 1 aliphatic heterocycles. The zero-order valence-electron chi connectivity index (χ0n) is 15.1. The van der Waals surface area contributed by atoms with Crippen LogP contribution in [0.2, 0.25) is 0 Å². The second-order valence-corrected chi connectivity index (χ2v) is 6.68. The van der Waals surface area contributed by atoms with Crippen LogP contribution in [0.15, 0.2) is 23.6 Å². The molecular formula is C18H18N2O7S. The van der Waals surface area contributed by atoms with Gasteiger partial charge in [-0.1, -0.05) is 0 Å². The van der Waals surface area contributed by atoms with E-state index in [9.17, 15) is 14.4 Å². The van der Waals surface area contributed by atoms with Crippen LogP contribution in [-0.4, -0.2) is 44.2 Å². The van der Waals surface area contributed by atoms with Gasteiger partial charge in [0.2, 0.25) is 5.75 Å². The summed E-state index contributed by atoms with van der Waals surface area (Å²) in [5, 5.41) is 4.44. The van der Waals surface area contributed by atoms with Crippen LogP contribution in [0.1, 0.15) is 27.6 Å². The number of methoxy groups -OCH3 is 1. The molecule has 9 nitrogen and oxygen atoms in total. The van der Waals surface area contributed by atoms with Crippen LogP contribution in [-0.2, 0) is 9.53 Å². The quantitative estimate of drug-likeness (QED) is 0.701. The number of hydrogen-bond donors (Lipinski definition) is 2. The van der Waals surface area contributed by atoms with Gasteiger partial charge in [-0.05, 0) is 30.5 Å². The first-order valence-corrected chi connectivity index (χ1v) is 9.15. The molecule has 1 aromatic carbocycles. The molecule has 28 heavy (non-hydrogen) atoms. The number of ether oxygens (including phenoxy) is 4. The average Bonchev–Trinajstić information content (AvgIpc) is 3.15. The molecule has 0 saturated carbocycles. The third-order valence-corrected chi connectivity index (χ3v) is 4.71. The van der Waals surface area contributed by atoms with Crippen molar-refractivity contribution < 1.29 is 33.3 Å². The van der Waals surface area contributed by atoms with E-state index >= 15 is 0 Å². The zero-order valence-corrected chi connectivity index (χ0v) is 16.0. The molecule has 0 saturated heterocycles. The van der Waals surface area contributed by atoms with Crippen molar-refractivity contribution in [1.82, 2.24) is 0 Å². The molecule has 2 heterocycles. The number of primary amides is 1. The molecule has 0 unspecified atom stereocenters. The van der Waals surface area contributed by atoms with Crippen LogP contribution in [0.4, 0.5) is 5.00 Å². The minimum Gasteiger partial charge on any atom is -0.493 e. The van der Waals surface area contributed by atoms with E-state index in [0.717, 1.165) is 11.3 Å². The fourth-order valence-corrected chi connectivity index (χ4v) is 3.28. The molecule has 1 aliphatic rings. The van der Waals surface area contributed by atoms with E-state index in [0.29, 0.717) is 35.5 Å². The SMILES string of the molecule is COc1cc(C(=O)O[C@@H](C)C(=O)Nc2sccc2C(N)=O)cc2c1OCCO2. The number of nitrogens with one attached hydrogen (secondary N) is 1. The van der Waals surface area contributed by atoms with E-state index in [4.69, 9.17) is 24.7 Å². The summed E-state index contributed by atoms with van der Waals surface area (Å²) in [7, 11) is 1.44. The lowest BCUT2D eigenvalue weighted by atomic mass is 10.1. The van der Waals surface area contributed by atoms with Crippen molar-refractivity contribution >= 4 is 34.1 Å². The molecule has 2 amide bonds. The van der Waals surface area contributed by atoms with Crippen molar-refractivity contribution in [2.45, 2.75) is 13.0 Å². The minimum atomic E-state index is -1.12. The molecule has 0 bridgehead atoms. The Kier molecular flexibility index (Phi) is 5.69. The van der Waals surface area contributed by atoms with Crippen LogP contribution < -0.4 is 25.3 Å². The van der Waals surface area contributed by atoms with E-state index in [2.05, 4.69) is 5.32 Å². The first-order chi connectivity index (χ1) is 13.4. The Balaban J connectivity index is 1.71. The second kappa shape index (κ2) is 8.17. The predicted molar refractivity (Wildman–Crippen MR) is 100 cm³/mol. The monoisotopic (exact) mass is 406 g/mol. The van der Waals surface area contributed by atoms with Gasteiger partial charge < -0.3 is 30.0 Å². The molecule has 0 fully saturated rings. The number of benzene rings is 1. The van der Waals surface area contributed by atoms with Crippen LogP contribution >= 0.6 is 11.3 Å². The largest absolute Gasteiger partial charge is 0.493 e. The van der Waals surface area contributed by atoms with Gasteiger partial charge in [0.25, 0.3) is 11.8 Å². The highest BCUT2D eigenvalue weighted by Gasteiger charge is 2.25. The average molecular weight is 406 g/mol. The maximum atomic E-state index is 12.5. The van der Waals surface area contributed by atoms with E-state index < -0.39 is 23.9 Å². The van der Waals surface area contributed by atoms with E-state index in [1.165, 1.54) is 32.2 Å². The molecule has 148 valence electrons. The topological polar surface area (TPSA) is 126 Å². The van der Waals surface area contributed by atoms with Crippen LogP contribution in [0.3, 0.4) is 0 Å². The van der Waals surface area contributed by atoms with Gasteiger partial charge in [0.1, 0.15) is 18.2 Å². The molecule has 10 heteroatoms. The van der Waals surface area contributed by atoms with Crippen molar-refractivity contribution in [3.63, 3.8) is 0 Å². The molecular weight excluding hydrogens is 388 g/mol. The van der Waals surface area contributed by atoms with Gasteiger partial charge in [-0.15, -0.1) is 11.3 Å². The normalized spacial score (nSPS) is 13.4. The maximum Gasteiger partial charge on any atom is 0.339 e. The predicted octanol–water partition coefficient (Wildman–Crippen LogP) is 1.81. The number of carbonyl (C=O) groups excluding carboxylic acids is 3. The van der Waals surface area contributed by atoms with Crippen LogP contribution in [0.5, 0.6) is 17.2 Å². The Labute approximate surface area is 164 Å². The Morgan fingerprint density at radius 3 is 2.71 bits per heavy atom. The van der Waals surface area contributed by atoms with Gasteiger partial charge in [0.05, 0.1) is 18.2 Å². The Hall–Kier alpha value is -3.27. The number of carbonyl (C=O) groups is 3. The van der Waals surface area contributed by atoms with Gasteiger partial charge >= 0.3 is 5.97 Å². The number of thiophene rings is 1. The second-order valence-electron chi connectivity index (χ2n) is 5.77. The lowest BCUT2D eigenvalue weighted by Gasteiger charge is -2.21. The van der Waals surface area contributed by atoms with Crippen molar-refractivity contribution in [2.75, 3.05) is 25.6 Å². The molecule has 1 atom stereocenters. The molecule has 2 aromatic rings. The highest BCUT2D eigenvalue weighted by atomic mass is 32.1. The fraction of sp³-hybridized carbons (Fsp3) is 0.278. The molecule has 1 aromatic heterocycles. The van der Waals surface area contributed by atoms with E-state index in [1.54, 1.807) is 5.38 Å². The third kappa shape index (κ3) is 4.01. The molecule has 0 spiro atoms. The fourth-order valence-electron chi connectivity index (χ4n) is 2.49. The summed E-state index contributed by atoms with van der Waals surface area (Å²) in [5.41, 5.74) is 5.58. The van der Waals surface area contributed by atoms with Gasteiger partial charge in [-0.3, -0.25) is 9.59 Å². The first kappa shape index (κ1) is 19.5. The number of rotatable bonds is 6. The minimum absolute atomic E-state index is 0.148. The summed E-state index contributed by atoms with van der Waals surface area (Å²) in [6, 6.07) is 4.42. The lowest BCUT2D eigenvalue weighted by Crippen LogP contribution is -2.30. The Morgan fingerprint density at radius 1 is 1.25 bits per heavy atom.